The highest BCUT2D eigenvalue weighted by molar-refractivity contribution is 6.06. The third-order valence-corrected chi connectivity index (χ3v) is 3.17. The van der Waals surface area contributed by atoms with Gasteiger partial charge in [-0.2, -0.15) is 0 Å². The summed E-state index contributed by atoms with van der Waals surface area (Å²) < 4.78 is 0. The molecule has 0 aliphatic heterocycles. The van der Waals surface area contributed by atoms with Crippen molar-refractivity contribution < 1.29 is 9.72 Å². The average molecular weight is 341 g/mol. The third-order valence-electron chi connectivity index (χ3n) is 3.17. The molecule has 23 heavy (non-hydrogen) atoms. The van der Waals surface area contributed by atoms with E-state index in [4.69, 9.17) is 5.73 Å². The Kier molecular flexibility index (Phi) is 6.23. The van der Waals surface area contributed by atoms with Gasteiger partial charge in [0, 0.05) is 41.7 Å². The molecule has 1 aromatic heterocycles. The van der Waals surface area contributed by atoms with E-state index in [9.17, 15) is 19.7 Å². The van der Waals surface area contributed by atoms with Crippen molar-refractivity contribution in [3.63, 3.8) is 0 Å². The highest BCUT2D eigenvalue weighted by Gasteiger charge is 2.15. The van der Waals surface area contributed by atoms with E-state index in [1.807, 2.05) is 6.92 Å². The van der Waals surface area contributed by atoms with E-state index < -0.39 is 16.4 Å². The van der Waals surface area contributed by atoms with Crippen molar-refractivity contribution in [2.45, 2.75) is 19.4 Å². The summed E-state index contributed by atoms with van der Waals surface area (Å²) in [4.78, 5) is 36.7. The van der Waals surface area contributed by atoms with E-state index in [-0.39, 0.29) is 29.7 Å². The number of aromatic nitrogens is 1. The van der Waals surface area contributed by atoms with Crippen LogP contribution in [0.5, 0.6) is 0 Å². The first kappa shape index (κ1) is 18.6. The van der Waals surface area contributed by atoms with Crippen LogP contribution in [0.1, 0.15) is 23.7 Å². The molecule has 1 aromatic carbocycles. The molecule has 0 saturated heterocycles. The summed E-state index contributed by atoms with van der Waals surface area (Å²) >= 11 is 0. The van der Waals surface area contributed by atoms with E-state index in [1.165, 1.54) is 18.2 Å². The fourth-order valence-electron chi connectivity index (χ4n) is 2.05. The average Bonchev–Trinajstić information content (AvgIpc) is 2.45. The lowest BCUT2D eigenvalue weighted by atomic mass is 10.1. The zero-order chi connectivity index (χ0) is 16.3. The number of nitro benzene ring substituents is 1. The SMILES string of the molecule is CC(N)CCNC(=O)c1cc(=O)[nH]c2ccc([N+](=O)[O-])cc12.Cl. The number of nitrogens with one attached hydrogen (secondary N) is 2. The van der Waals surface area contributed by atoms with E-state index in [0.29, 0.717) is 23.9 Å². The van der Waals surface area contributed by atoms with Crippen molar-refractivity contribution >= 4 is 34.9 Å². The number of fused-ring (bicyclic) bond motifs is 1. The summed E-state index contributed by atoms with van der Waals surface area (Å²) in [6, 6.07) is 5.03. The summed E-state index contributed by atoms with van der Waals surface area (Å²) in [5.74, 6) is -0.461. The number of nitrogens with two attached hydrogens (primary N) is 1. The van der Waals surface area contributed by atoms with Gasteiger partial charge in [0.1, 0.15) is 0 Å². The number of halogens is 1. The lowest BCUT2D eigenvalue weighted by Gasteiger charge is -2.09. The van der Waals surface area contributed by atoms with Crippen LogP contribution in [0.25, 0.3) is 10.9 Å². The number of carbonyl (C=O) groups is 1. The highest BCUT2D eigenvalue weighted by atomic mass is 35.5. The molecule has 1 heterocycles. The summed E-state index contributed by atoms with van der Waals surface area (Å²) in [5.41, 5.74) is 5.48. The summed E-state index contributed by atoms with van der Waals surface area (Å²) in [6.45, 7) is 2.18. The molecule has 9 heteroatoms. The topological polar surface area (TPSA) is 131 Å². The number of non-ortho nitro benzene ring substituents is 1. The highest BCUT2D eigenvalue weighted by Crippen LogP contribution is 2.21. The Morgan fingerprint density at radius 2 is 2.13 bits per heavy atom. The molecule has 0 bridgehead atoms. The number of hydrogen-bond donors (Lipinski definition) is 3. The Morgan fingerprint density at radius 3 is 2.74 bits per heavy atom. The van der Waals surface area contributed by atoms with Gasteiger partial charge in [0.05, 0.1) is 10.5 Å². The number of aromatic amines is 1. The summed E-state index contributed by atoms with van der Waals surface area (Å²) in [7, 11) is 0. The Hall–Kier alpha value is -2.45. The first-order chi connectivity index (χ1) is 10.4. The molecule has 1 unspecified atom stereocenters. The molecule has 124 valence electrons. The van der Waals surface area contributed by atoms with Gasteiger partial charge in [0.2, 0.25) is 5.56 Å². The fourth-order valence-corrected chi connectivity index (χ4v) is 2.05. The van der Waals surface area contributed by atoms with Crippen molar-refractivity contribution in [3.8, 4) is 0 Å². The second kappa shape index (κ2) is 7.70. The van der Waals surface area contributed by atoms with Gasteiger partial charge in [-0.3, -0.25) is 19.7 Å². The Morgan fingerprint density at radius 1 is 1.43 bits per heavy atom. The monoisotopic (exact) mass is 340 g/mol. The van der Waals surface area contributed by atoms with Gasteiger partial charge < -0.3 is 16.0 Å². The van der Waals surface area contributed by atoms with E-state index in [1.54, 1.807) is 0 Å². The van der Waals surface area contributed by atoms with Gasteiger partial charge in [-0.25, -0.2) is 0 Å². The maximum atomic E-state index is 12.2. The predicted molar refractivity (Wildman–Crippen MR) is 89.1 cm³/mol. The molecule has 0 saturated carbocycles. The molecule has 4 N–H and O–H groups in total. The number of pyridine rings is 1. The number of benzene rings is 1. The molecule has 0 radical (unpaired) electrons. The van der Waals surface area contributed by atoms with E-state index >= 15 is 0 Å². The molecular formula is C14H17ClN4O4. The molecule has 1 amide bonds. The quantitative estimate of drug-likeness (QED) is 0.558. The Labute approximate surface area is 137 Å². The van der Waals surface area contributed by atoms with Crippen molar-refractivity contribution in [1.82, 2.24) is 10.3 Å². The zero-order valence-electron chi connectivity index (χ0n) is 12.4. The van der Waals surface area contributed by atoms with Crippen LogP contribution in [0, 0.1) is 10.1 Å². The van der Waals surface area contributed by atoms with Crippen molar-refractivity contribution in [2.24, 2.45) is 5.73 Å². The van der Waals surface area contributed by atoms with Gasteiger partial charge in [-0.1, -0.05) is 0 Å². The number of carbonyl (C=O) groups excluding carboxylic acids is 1. The minimum Gasteiger partial charge on any atom is -0.352 e. The van der Waals surface area contributed by atoms with Crippen LogP contribution in [0.2, 0.25) is 0 Å². The van der Waals surface area contributed by atoms with Crippen molar-refractivity contribution in [3.05, 3.63) is 50.3 Å². The number of nitrogens with zero attached hydrogens (tertiary/aromatic N) is 1. The van der Waals surface area contributed by atoms with Crippen LogP contribution in [0.15, 0.2) is 29.1 Å². The molecule has 8 nitrogen and oxygen atoms in total. The van der Waals surface area contributed by atoms with Gasteiger partial charge in [-0.15, -0.1) is 12.4 Å². The second-order valence-electron chi connectivity index (χ2n) is 5.06. The molecule has 2 rings (SSSR count). The normalized spacial score (nSPS) is 11.6. The first-order valence-electron chi connectivity index (χ1n) is 6.73. The van der Waals surface area contributed by atoms with E-state index in [2.05, 4.69) is 10.3 Å². The zero-order valence-corrected chi connectivity index (χ0v) is 13.2. The number of hydrogen-bond acceptors (Lipinski definition) is 5. The van der Waals surface area contributed by atoms with Crippen LogP contribution in [-0.4, -0.2) is 28.4 Å². The standard InChI is InChI=1S/C14H16N4O4.ClH/c1-8(15)4-5-16-14(20)11-7-13(19)17-12-3-2-9(18(21)22)6-10(11)12;/h2-3,6-8H,4-5,15H2,1H3,(H,16,20)(H,17,19);1H. The molecule has 0 aliphatic carbocycles. The van der Waals surface area contributed by atoms with Gasteiger partial charge in [0.15, 0.2) is 0 Å². The Balaban J connectivity index is 0.00000264. The molecule has 0 aliphatic rings. The van der Waals surface area contributed by atoms with Crippen LogP contribution in [0.4, 0.5) is 5.69 Å². The second-order valence-corrected chi connectivity index (χ2v) is 5.06. The largest absolute Gasteiger partial charge is 0.352 e. The molecule has 2 aromatic rings. The van der Waals surface area contributed by atoms with Crippen LogP contribution >= 0.6 is 12.4 Å². The molecule has 1 atom stereocenters. The van der Waals surface area contributed by atoms with Gasteiger partial charge >= 0.3 is 0 Å². The maximum absolute atomic E-state index is 12.2. The number of nitro groups is 1. The lowest BCUT2D eigenvalue weighted by Crippen LogP contribution is -2.29. The lowest BCUT2D eigenvalue weighted by molar-refractivity contribution is -0.384. The van der Waals surface area contributed by atoms with Crippen LogP contribution in [0.3, 0.4) is 0 Å². The minimum absolute atomic E-state index is 0. The van der Waals surface area contributed by atoms with Crippen LogP contribution < -0.4 is 16.6 Å². The third kappa shape index (κ3) is 4.51. The molecule has 0 spiro atoms. The fraction of sp³-hybridized carbons (Fsp3) is 0.286. The predicted octanol–water partition coefficient (Wildman–Crippen LogP) is 1.33. The maximum Gasteiger partial charge on any atom is 0.270 e. The van der Waals surface area contributed by atoms with E-state index in [0.717, 1.165) is 6.07 Å². The summed E-state index contributed by atoms with van der Waals surface area (Å²) in [5, 5.41) is 13.8. The first-order valence-corrected chi connectivity index (χ1v) is 6.73. The molecule has 0 fully saturated rings. The number of H-pyrrole nitrogens is 1. The van der Waals surface area contributed by atoms with Gasteiger partial charge in [-0.05, 0) is 19.4 Å². The van der Waals surface area contributed by atoms with Gasteiger partial charge in [0.25, 0.3) is 11.6 Å². The number of rotatable bonds is 5. The molecular weight excluding hydrogens is 324 g/mol. The number of amides is 1. The van der Waals surface area contributed by atoms with Crippen LogP contribution in [-0.2, 0) is 0 Å². The smallest absolute Gasteiger partial charge is 0.270 e. The Bertz CT molecular complexity index is 788. The summed E-state index contributed by atoms with van der Waals surface area (Å²) in [6.07, 6.45) is 0.590. The minimum atomic E-state index is -0.553. The van der Waals surface area contributed by atoms with Crippen molar-refractivity contribution in [1.29, 1.82) is 0 Å². The van der Waals surface area contributed by atoms with Crippen molar-refractivity contribution in [2.75, 3.05) is 6.54 Å².